The van der Waals surface area contributed by atoms with Crippen molar-refractivity contribution in [2.45, 2.75) is 19.1 Å². The average molecular weight is 292 g/mol. The number of nitrogens with one attached hydrogen (secondary N) is 1. The van der Waals surface area contributed by atoms with E-state index in [9.17, 15) is 4.79 Å². The Morgan fingerprint density at radius 3 is 3.10 bits per heavy atom. The number of carbonyl (C=O) groups is 1. The van der Waals surface area contributed by atoms with Crippen LogP contribution in [-0.2, 0) is 10.5 Å². The number of hydrogen-bond donors (Lipinski definition) is 2. The zero-order valence-electron chi connectivity index (χ0n) is 11.6. The standard InChI is InChI=1S/C14H20N4OS/c1-11-3-4-13-17-12(8-18(13)7-11)9-20-10-14(19)16-6-2-5-15/h3-4,7-8H,2,5-6,9-10,15H2,1H3,(H,16,19). The number of nitrogens with two attached hydrogens (primary N) is 1. The van der Waals surface area contributed by atoms with Crippen LogP contribution in [0.2, 0.25) is 0 Å². The van der Waals surface area contributed by atoms with E-state index in [1.807, 2.05) is 22.7 Å². The van der Waals surface area contributed by atoms with Crippen molar-refractivity contribution in [1.29, 1.82) is 0 Å². The number of amides is 1. The molecule has 6 heteroatoms. The van der Waals surface area contributed by atoms with Gasteiger partial charge in [0.25, 0.3) is 0 Å². The van der Waals surface area contributed by atoms with Crippen LogP contribution in [0.5, 0.6) is 0 Å². The van der Waals surface area contributed by atoms with Gasteiger partial charge in [-0.15, -0.1) is 11.8 Å². The number of imidazole rings is 1. The molecule has 0 saturated heterocycles. The third kappa shape index (κ3) is 4.25. The summed E-state index contributed by atoms with van der Waals surface area (Å²) in [6.45, 7) is 3.32. The Hall–Kier alpha value is -1.53. The number of rotatable bonds is 7. The number of nitrogens with zero attached hydrogens (tertiary/aromatic N) is 2. The first-order chi connectivity index (χ1) is 9.69. The van der Waals surface area contributed by atoms with Gasteiger partial charge in [0.1, 0.15) is 5.65 Å². The van der Waals surface area contributed by atoms with Crippen LogP contribution in [0.3, 0.4) is 0 Å². The maximum absolute atomic E-state index is 11.5. The van der Waals surface area contributed by atoms with E-state index >= 15 is 0 Å². The normalized spacial score (nSPS) is 10.9. The second-order valence-corrected chi connectivity index (χ2v) is 5.67. The number of thioether (sulfide) groups is 1. The Kier molecular flexibility index (Phi) is 5.43. The summed E-state index contributed by atoms with van der Waals surface area (Å²) in [4.78, 5) is 16.0. The van der Waals surface area contributed by atoms with E-state index in [0.717, 1.165) is 23.5 Å². The molecule has 0 aliphatic rings. The van der Waals surface area contributed by atoms with Gasteiger partial charge in [0, 0.05) is 24.7 Å². The predicted octanol–water partition coefficient (Wildman–Crippen LogP) is 1.34. The third-order valence-corrected chi connectivity index (χ3v) is 3.80. The number of aryl methyl sites for hydroxylation is 1. The highest BCUT2D eigenvalue weighted by Gasteiger charge is 2.04. The quantitative estimate of drug-likeness (QED) is 0.755. The summed E-state index contributed by atoms with van der Waals surface area (Å²) in [5.41, 5.74) is 8.51. The molecule has 3 N–H and O–H groups in total. The zero-order chi connectivity index (χ0) is 14.4. The summed E-state index contributed by atoms with van der Waals surface area (Å²) in [6.07, 6.45) is 4.89. The maximum atomic E-state index is 11.5. The predicted molar refractivity (Wildman–Crippen MR) is 82.8 cm³/mol. The molecule has 0 unspecified atom stereocenters. The molecule has 0 radical (unpaired) electrons. The minimum atomic E-state index is 0.0584. The van der Waals surface area contributed by atoms with Gasteiger partial charge in [0.05, 0.1) is 11.4 Å². The molecule has 108 valence electrons. The van der Waals surface area contributed by atoms with Crippen LogP contribution in [-0.4, -0.2) is 34.1 Å². The Morgan fingerprint density at radius 1 is 1.45 bits per heavy atom. The van der Waals surface area contributed by atoms with Gasteiger partial charge in [-0.2, -0.15) is 0 Å². The largest absolute Gasteiger partial charge is 0.355 e. The highest BCUT2D eigenvalue weighted by atomic mass is 32.2. The zero-order valence-corrected chi connectivity index (χ0v) is 12.4. The lowest BCUT2D eigenvalue weighted by Crippen LogP contribution is -2.27. The fraction of sp³-hybridized carbons (Fsp3) is 0.429. The van der Waals surface area contributed by atoms with Crippen molar-refractivity contribution >= 4 is 23.3 Å². The molecule has 0 bridgehead atoms. The van der Waals surface area contributed by atoms with Crippen molar-refractivity contribution < 1.29 is 4.79 Å². The Bertz CT molecular complexity index is 582. The van der Waals surface area contributed by atoms with Crippen molar-refractivity contribution in [3.8, 4) is 0 Å². The molecule has 1 amide bonds. The van der Waals surface area contributed by atoms with Crippen LogP contribution in [0.1, 0.15) is 17.7 Å². The lowest BCUT2D eigenvalue weighted by molar-refractivity contribution is -0.118. The van der Waals surface area contributed by atoms with Gasteiger partial charge >= 0.3 is 0 Å². The lowest BCUT2D eigenvalue weighted by Gasteiger charge is -2.02. The van der Waals surface area contributed by atoms with Crippen LogP contribution in [0.4, 0.5) is 0 Å². The third-order valence-electron chi connectivity index (χ3n) is 2.83. The highest BCUT2D eigenvalue weighted by molar-refractivity contribution is 7.99. The van der Waals surface area contributed by atoms with Gasteiger partial charge in [-0.05, 0) is 31.5 Å². The lowest BCUT2D eigenvalue weighted by atomic mass is 10.3. The van der Waals surface area contributed by atoms with Crippen LogP contribution in [0, 0.1) is 6.92 Å². The van der Waals surface area contributed by atoms with Crippen LogP contribution in [0.15, 0.2) is 24.5 Å². The van der Waals surface area contributed by atoms with Crippen LogP contribution >= 0.6 is 11.8 Å². The second-order valence-electron chi connectivity index (χ2n) is 4.69. The SMILES string of the molecule is Cc1ccc2nc(CSCC(=O)NCCCN)cn2c1. The van der Waals surface area contributed by atoms with E-state index in [1.54, 1.807) is 11.8 Å². The monoisotopic (exact) mass is 292 g/mol. The molecule has 2 aromatic rings. The molecule has 2 aromatic heterocycles. The molecule has 0 atom stereocenters. The minimum absolute atomic E-state index is 0.0584. The van der Waals surface area contributed by atoms with Crippen molar-refractivity contribution in [3.05, 3.63) is 35.8 Å². The Morgan fingerprint density at radius 2 is 2.30 bits per heavy atom. The fourth-order valence-corrected chi connectivity index (χ4v) is 2.59. The van der Waals surface area contributed by atoms with Crippen LogP contribution < -0.4 is 11.1 Å². The molecule has 0 fully saturated rings. The van der Waals surface area contributed by atoms with Gasteiger partial charge in [-0.25, -0.2) is 4.98 Å². The number of fused-ring (bicyclic) bond motifs is 1. The molecule has 20 heavy (non-hydrogen) atoms. The number of aromatic nitrogens is 2. The van der Waals surface area contributed by atoms with E-state index in [1.165, 1.54) is 5.56 Å². The van der Waals surface area contributed by atoms with Gasteiger partial charge < -0.3 is 15.5 Å². The molecule has 5 nitrogen and oxygen atoms in total. The summed E-state index contributed by atoms with van der Waals surface area (Å²) in [5.74, 6) is 1.26. The van der Waals surface area contributed by atoms with E-state index in [0.29, 0.717) is 18.8 Å². The van der Waals surface area contributed by atoms with E-state index in [2.05, 4.69) is 23.4 Å². The molecule has 0 aliphatic heterocycles. The highest BCUT2D eigenvalue weighted by Crippen LogP contribution is 2.13. The van der Waals surface area contributed by atoms with Crippen molar-refractivity contribution in [2.24, 2.45) is 5.73 Å². The van der Waals surface area contributed by atoms with Crippen molar-refractivity contribution in [1.82, 2.24) is 14.7 Å². The smallest absolute Gasteiger partial charge is 0.230 e. The fourth-order valence-electron chi connectivity index (χ4n) is 1.85. The number of hydrogen-bond acceptors (Lipinski definition) is 4. The molecule has 0 saturated carbocycles. The summed E-state index contributed by atoms with van der Waals surface area (Å²) in [5, 5.41) is 2.84. The minimum Gasteiger partial charge on any atom is -0.355 e. The first-order valence-corrected chi connectivity index (χ1v) is 7.83. The Balaban J connectivity index is 1.79. The first kappa shape index (κ1) is 14.9. The van der Waals surface area contributed by atoms with Gasteiger partial charge in [-0.3, -0.25) is 4.79 Å². The number of carbonyl (C=O) groups excluding carboxylic acids is 1. The van der Waals surface area contributed by atoms with Gasteiger partial charge in [0.2, 0.25) is 5.91 Å². The van der Waals surface area contributed by atoms with Crippen molar-refractivity contribution in [3.63, 3.8) is 0 Å². The van der Waals surface area contributed by atoms with Gasteiger partial charge in [0.15, 0.2) is 0 Å². The molecule has 0 aliphatic carbocycles. The summed E-state index contributed by atoms with van der Waals surface area (Å²) >= 11 is 1.57. The molecule has 0 aromatic carbocycles. The first-order valence-electron chi connectivity index (χ1n) is 6.68. The molecular weight excluding hydrogens is 272 g/mol. The number of pyridine rings is 1. The van der Waals surface area contributed by atoms with Crippen LogP contribution in [0.25, 0.3) is 5.65 Å². The topological polar surface area (TPSA) is 72.4 Å². The summed E-state index contributed by atoms with van der Waals surface area (Å²) in [7, 11) is 0. The molecule has 2 rings (SSSR count). The van der Waals surface area contributed by atoms with E-state index < -0.39 is 0 Å². The molecule has 0 spiro atoms. The van der Waals surface area contributed by atoms with Gasteiger partial charge in [-0.1, -0.05) is 6.07 Å². The Labute approximate surface area is 122 Å². The van der Waals surface area contributed by atoms with E-state index in [4.69, 9.17) is 5.73 Å². The molecule has 2 heterocycles. The average Bonchev–Trinajstić information content (AvgIpc) is 2.81. The van der Waals surface area contributed by atoms with E-state index in [-0.39, 0.29) is 5.91 Å². The molecular formula is C14H20N4OS. The maximum Gasteiger partial charge on any atom is 0.230 e. The second kappa shape index (κ2) is 7.31. The summed E-state index contributed by atoms with van der Waals surface area (Å²) in [6, 6.07) is 4.05. The summed E-state index contributed by atoms with van der Waals surface area (Å²) < 4.78 is 2.02. The van der Waals surface area contributed by atoms with Crippen molar-refractivity contribution in [2.75, 3.05) is 18.8 Å².